The second-order valence-electron chi connectivity index (χ2n) is 8.69. The highest BCUT2D eigenvalue weighted by molar-refractivity contribution is 6.43. The van der Waals surface area contributed by atoms with Gasteiger partial charge in [-0.15, -0.1) is 0 Å². The normalized spacial score (nSPS) is 51.0. The van der Waals surface area contributed by atoms with Crippen LogP contribution in [0.25, 0.3) is 0 Å². The lowest BCUT2D eigenvalue weighted by molar-refractivity contribution is -0.128. The van der Waals surface area contributed by atoms with Crippen molar-refractivity contribution in [1.82, 2.24) is 0 Å². The largest absolute Gasteiger partial charge is 0.411 e. The van der Waals surface area contributed by atoms with E-state index in [2.05, 4.69) is 25.1 Å². The number of oxime groups is 1. The second-order valence-corrected chi connectivity index (χ2v) is 8.69. The molecule has 0 saturated heterocycles. The first kappa shape index (κ1) is 15.4. The molecule has 4 heteroatoms. The zero-order valence-electron chi connectivity index (χ0n) is 14.1. The van der Waals surface area contributed by atoms with Crippen LogP contribution in [0.1, 0.15) is 58.8 Å². The summed E-state index contributed by atoms with van der Waals surface area (Å²) in [6.45, 7) is 4.46. The van der Waals surface area contributed by atoms with E-state index >= 15 is 0 Å². The van der Waals surface area contributed by atoms with Gasteiger partial charge in [-0.3, -0.25) is 4.79 Å². The van der Waals surface area contributed by atoms with Gasteiger partial charge in [-0.1, -0.05) is 30.7 Å². The molecule has 23 heavy (non-hydrogen) atoms. The Balaban J connectivity index is 1.71. The minimum Gasteiger partial charge on any atom is -0.411 e. The van der Waals surface area contributed by atoms with Crippen LogP contribution in [-0.4, -0.2) is 27.9 Å². The van der Waals surface area contributed by atoms with Gasteiger partial charge >= 0.3 is 0 Å². The molecule has 4 aliphatic carbocycles. The van der Waals surface area contributed by atoms with Crippen LogP contribution >= 0.6 is 0 Å². The van der Waals surface area contributed by atoms with Gasteiger partial charge in [0.25, 0.3) is 0 Å². The molecular formula is C19H27NO3. The first-order valence-corrected chi connectivity index (χ1v) is 9.03. The molecule has 3 saturated carbocycles. The number of nitrogens with zero attached hydrogens (tertiary/aromatic N) is 1. The van der Waals surface area contributed by atoms with Gasteiger partial charge in [0.15, 0.2) is 5.78 Å². The van der Waals surface area contributed by atoms with Crippen LogP contribution in [0.2, 0.25) is 0 Å². The number of rotatable bonds is 0. The number of carbonyl (C=O) groups is 1. The van der Waals surface area contributed by atoms with Crippen LogP contribution in [0.15, 0.2) is 16.8 Å². The number of aliphatic hydroxyl groups excluding tert-OH is 1. The third kappa shape index (κ3) is 1.93. The van der Waals surface area contributed by atoms with Crippen molar-refractivity contribution in [2.45, 2.75) is 64.9 Å². The molecule has 0 radical (unpaired) electrons. The molecule has 4 nitrogen and oxygen atoms in total. The molecule has 0 aromatic rings. The number of Topliss-reactive ketones (excluding diaryl/α,β-unsaturated/α-hetero) is 1. The first-order chi connectivity index (χ1) is 10.9. The highest BCUT2D eigenvalue weighted by atomic mass is 16.4. The summed E-state index contributed by atoms with van der Waals surface area (Å²) in [5, 5.41) is 22.5. The van der Waals surface area contributed by atoms with Crippen LogP contribution in [-0.2, 0) is 4.79 Å². The van der Waals surface area contributed by atoms with E-state index in [0.29, 0.717) is 29.9 Å². The molecular weight excluding hydrogens is 290 g/mol. The highest BCUT2D eigenvalue weighted by Gasteiger charge is 2.60. The summed E-state index contributed by atoms with van der Waals surface area (Å²) >= 11 is 0. The summed E-state index contributed by atoms with van der Waals surface area (Å²) in [7, 11) is 0. The van der Waals surface area contributed by atoms with E-state index in [1.165, 1.54) is 5.57 Å². The van der Waals surface area contributed by atoms with Crippen molar-refractivity contribution < 1.29 is 15.1 Å². The number of allylic oxidation sites excluding steroid dienone is 1. The number of ketones is 1. The molecule has 3 fully saturated rings. The van der Waals surface area contributed by atoms with Gasteiger partial charge in [-0.25, -0.2) is 0 Å². The van der Waals surface area contributed by atoms with Crippen LogP contribution in [0.5, 0.6) is 0 Å². The Morgan fingerprint density at radius 2 is 1.87 bits per heavy atom. The maximum absolute atomic E-state index is 12.6. The Morgan fingerprint density at radius 3 is 2.61 bits per heavy atom. The van der Waals surface area contributed by atoms with Crippen LogP contribution in [0, 0.1) is 28.6 Å². The number of fused-ring (bicyclic) bond motifs is 5. The molecule has 0 amide bonds. The van der Waals surface area contributed by atoms with E-state index in [0.717, 1.165) is 38.5 Å². The van der Waals surface area contributed by atoms with Crippen molar-refractivity contribution in [3.8, 4) is 0 Å². The van der Waals surface area contributed by atoms with Gasteiger partial charge in [-0.2, -0.15) is 0 Å². The predicted octanol–water partition coefficient (Wildman–Crippen LogP) is 3.32. The van der Waals surface area contributed by atoms with E-state index in [1.54, 1.807) is 0 Å². The van der Waals surface area contributed by atoms with Crippen LogP contribution in [0.3, 0.4) is 0 Å². The number of carbonyl (C=O) groups excluding carboxylic acids is 1. The zero-order valence-corrected chi connectivity index (χ0v) is 14.1. The second kappa shape index (κ2) is 4.92. The number of hydrogen-bond donors (Lipinski definition) is 2. The minimum absolute atomic E-state index is 0.0717. The van der Waals surface area contributed by atoms with Crippen molar-refractivity contribution in [2.24, 2.45) is 33.7 Å². The van der Waals surface area contributed by atoms with Gasteiger partial charge in [0.1, 0.15) is 5.71 Å². The Bertz CT molecular complexity index is 610. The van der Waals surface area contributed by atoms with Gasteiger partial charge in [0.05, 0.1) is 6.10 Å². The first-order valence-electron chi connectivity index (χ1n) is 9.03. The monoisotopic (exact) mass is 317 g/mol. The average Bonchev–Trinajstić information content (AvgIpc) is 2.79. The molecule has 2 N–H and O–H groups in total. The quantitative estimate of drug-likeness (QED) is 0.409. The van der Waals surface area contributed by atoms with Gasteiger partial charge in [-0.05, 0) is 61.7 Å². The molecule has 0 aromatic heterocycles. The summed E-state index contributed by atoms with van der Waals surface area (Å²) in [6.07, 6.45) is 8.57. The highest BCUT2D eigenvalue weighted by Crippen LogP contribution is 2.63. The molecule has 0 aromatic carbocycles. The number of aliphatic hydroxyl groups is 1. The van der Waals surface area contributed by atoms with Crippen LogP contribution < -0.4 is 0 Å². The Morgan fingerprint density at radius 1 is 1.13 bits per heavy atom. The van der Waals surface area contributed by atoms with Crippen molar-refractivity contribution in [3.05, 3.63) is 11.6 Å². The molecule has 0 bridgehead atoms. The Hall–Kier alpha value is -1.16. The summed E-state index contributed by atoms with van der Waals surface area (Å²) in [6, 6.07) is 0. The number of hydrogen-bond acceptors (Lipinski definition) is 4. The zero-order chi connectivity index (χ0) is 16.4. The average molecular weight is 317 g/mol. The molecule has 0 spiro atoms. The van der Waals surface area contributed by atoms with E-state index in [9.17, 15) is 15.1 Å². The maximum Gasteiger partial charge on any atom is 0.186 e. The molecule has 0 heterocycles. The van der Waals surface area contributed by atoms with E-state index in [1.807, 2.05) is 0 Å². The summed E-state index contributed by atoms with van der Waals surface area (Å²) in [5.74, 6) is 1.48. The van der Waals surface area contributed by atoms with Crippen molar-refractivity contribution in [2.75, 3.05) is 0 Å². The lowest BCUT2D eigenvalue weighted by Gasteiger charge is -2.56. The Kier molecular flexibility index (Phi) is 3.29. The van der Waals surface area contributed by atoms with Gasteiger partial charge in [0, 0.05) is 11.8 Å². The fraction of sp³-hybridized carbons (Fsp3) is 0.789. The van der Waals surface area contributed by atoms with E-state index in [-0.39, 0.29) is 22.7 Å². The third-order valence-corrected chi connectivity index (χ3v) is 7.78. The third-order valence-electron chi connectivity index (χ3n) is 7.78. The van der Waals surface area contributed by atoms with Gasteiger partial charge in [0.2, 0.25) is 0 Å². The summed E-state index contributed by atoms with van der Waals surface area (Å²) in [4.78, 5) is 12.6. The molecule has 4 aliphatic rings. The smallest absolute Gasteiger partial charge is 0.186 e. The molecule has 4 rings (SSSR count). The fourth-order valence-electron chi connectivity index (χ4n) is 6.34. The van der Waals surface area contributed by atoms with E-state index in [4.69, 9.17) is 0 Å². The molecule has 126 valence electrons. The van der Waals surface area contributed by atoms with Crippen molar-refractivity contribution in [3.63, 3.8) is 0 Å². The molecule has 6 atom stereocenters. The molecule has 0 aliphatic heterocycles. The Labute approximate surface area is 137 Å². The van der Waals surface area contributed by atoms with Crippen molar-refractivity contribution >= 4 is 11.5 Å². The molecule has 0 unspecified atom stereocenters. The maximum atomic E-state index is 12.6. The lowest BCUT2D eigenvalue weighted by atomic mass is 9.48. The van der Waals surface area contributed by atoms with Crippen molar-refractivity contribution in [1.29, 1.82) is 0 Å². The lowest BCUT2D eigenvalue weighted by Crippen LogP contribution is -2.50. The van der Waals surface area contributed by atoms with Crippen LogP contribution in [0.4, 0.5) is 0 Å². The summed E-state index contributed by atoms with van der Waals surface area (Å²) in [5.41, 5.74) is 1.68. The topological polar surface area (TPSA) is 69.9 Å². The van der Waals surface area contributed by atoms with E-state index < -0.39 is 0 Å². The fourth-order valence-corrected chi connectivity index (χ4v) is 6.34. The minimum atomic E-state index is -0.335. The predicted molar refractivity (Wildman–Crippen MR) is 87.3 cm³/mol. The van der Waals surface area contributed by atoms with Gasteiger partial charge < -0.3 is 10.3 Å². The SMILES string of the molecule is C[C@]12CC[C@H](O)CC1=CC[C@H]1[C@H]2CC[C@]2(C)C(=O)/C(=N/O)C[C@@H]12. The standard InChI is InChI=1S/C19H27NO3/c1-18-7-5-12(21)9-11(18)3-4-13-14(18)6-8-19(2)15(13)10-16(20-23)17(19)22/h3,12-15,21,23H,4-10H2,1-2H3/b20-16+/t12-,13-,14+,15-,18-,19-/m0/s1. The summed E-state index contributed by atoms with van der Waals surface area (Å²) < 4.78 is 0.